The molecule has 26 heavy (non-hydrogen) atoms. The van der Waals surface area contributed by atoms with Crippen molar-refractivity contribution in [2.45, 2.75) is 39.2 Å². The van der Waals surface area contributed by atoms with Crippen LogP contribution < -0.4 is 10.6 Å². The number of fused-ring (bicyclic) bond motifs is 3. The molecule has 1 atom stereocenters. The van der Waals surface area contributed by atoms with Gasteiger partial charge < -0.3 is 10.6 Å². The molecule has 1 aromatic carbocycles. The minimum Gasteiger partial charge on any atom is -0.342 e. The van der Waals surface area contributed by atoms with Gasteiger partial charge in [-0.1, -0.05) is 6.07 Å². The van der Waals surface area contributed by atoms with Crippen molar-refractivity contribution in [1.82, 2.24) is 14.4 Å². The molecule has 2 aromatic heterocycles. The van der Waals surface area contributed by atoms with Crippen molar-refractivity contribution in [3.8, 4) is 6.07 Å². The summed E-state index contributed by atoms with van der Waals surface area (Å²) in [6.07, 6.45) is 5.37. The summed E-state index contributed by atoms with van der Waals surface area (Å²) in [4.78, 5) is 11.8. The zero-order valence-electron chi connectivity index (χ0n) is 15.1. The Morgan fingerprint density at radius 2 is 1.92 bits per heavy atom. The first-order valence-corrected chi connectivity index (χ1v) is 8.82. The standard InChI is InChI=1S/C19H22N6.ClH/c1-12-8-15(13(2)21)17-16(9-12)18-22-14(10-20)11-25(18)19(23-17)24-6-4-3-5-7-24;/h8-9,11,13H,3-7,21H2,1-2H3;1H. The summed E-state index contributed by atoms with van der Waals surface area (Å²) >= 11 is 0. The van der Waals surface area contributed by atoms with E-state index in [0.29, 0.717) is 5.69 Å². The largest absolute Gasteiger partial charge is 0.342 e. The van der Waals surface area contributed by atoms with Crippen LogP contribution in [0.2, 0.25) is 0 Å². The number of benzene rings is 1. The molecule has 1 aliphatic heterocycles. The van der Waals surface area contributed by atoms with E-state index in [1.165, 1.54) is 6.42 Å². The molecule has 6 nitrogen and oxygen atoms in total. The highest BCUT2D eigenvalue weighted by molar-refractivity contribution is 5.95. The molecule has 3 heterocycles. The van der Waals surface area contributed by atoms with E-state index < -0.39 is 0 Å². The van der Waals surface area contributed by atoms with Crippen LogP contribution in [0.4, 0.5) is 5.95 Å². The van der Waals surface area contributed by atoms with Crippen molar-refractivity contribution in [3.05, 3.63) is 35.2 Å². The number of aryl methyl sites for hydroxylation is 1. The zero-order valence-corrected chi connectivity index (χ0v) is 15.9. The predicted octanol–water partition coefficient (Wildman–Crippen LogP) is 3.49. The van der Waals surface area contributed by atoms with E-state index >= 15 is 0 Å². The Morgan fingerprint density at radius 1 is 1.19 bits per heavy atom. The van der Waals surface area contributed by atoms with Crippen molar-refractivity contribution < 1.29 is 0 Å². The van der Waals surface area contributed by atoms with E-state index in [-0.39, 0.29) is 18.4 Å². The number of imidazole rings is 1. The molecule has 1 unspecified atom stereocenters. The molecule has 1 aliphatic rings. The molecule has 3 aromatic rings. The fourth-order valence-electron chi connectivity index (χ4n) is 3.70. The second kappa shape index (κ2) is 7.10. The van der Waals surface area contributed by atoms with Crippen LogP contribution in [0.3, 0.4) is 0 Å². The third-order valence-corrected chi connectivity index (χ3v) is 4.90. The van der Waals surface area contributed by atoms with Gasteiger partial charge in [0, 0.05) is 24.5 Å². The van der Waals surface area contributed by atoms with Crippen molar-refractivity contribution in [3.63, 3.8) is 0 Å². The van der Waals surface area contributed by atoms with E-state index in [1.54, 1.807) is 6.20 Å². The Morgan fingerprint density at radius 3 is 2.58 bits per heavy atom. The van der Waals surface area contributed by atoms with Gasteiger partial charge >= 0.3 is 0 Å². The fourth-order valence-corrected chi connectivity index (χ4v) is 3.70. The van der Waals surface area contributed by atoms with Gasteiger partial charge in [0.1, 0.15) is 6.07 Å². The van der Waals surface area contributed by atoms with Crippen LogP contribution in [0.1, 0.15) is 49.0 Å². The van der Waals surface area contributed by atoms with Crippen LogP contribution in [0.25, 0.3) is 16.6 Å². The summed E-state index contributed by atoms with van der Waals surface area (Å²) in [5.74, 6) is 0.863. The molecule has 0 spiro atoms. The van der Waals surface area contributed by atoms with Gasteiger partial charge in [0.25, 0.3) is 0 Å². The Balaban J connectivity index is 0.00000196. The van der Waals surface area contributed by atoms with E-state index in [0.717, 1.165) is 59.6 Å². The lowest BCUT2D eigenvalue weighted by molar-refractivity contribution is 0.567. The number of nitrogens with zero attached hydrogens (tertiary/aromatic N) is 5. The number of piperidine rings is 1. The third kappa shape index (κ3) is 2.98. The summed E-state index contributed by atoms with van der Waals surface area (Å²) in [6.45, 7) is 5.99. The molecule has 1 saturated heterocycles. The highest BCUT2D eigenvalue weighted by atomic mass is 35.5. The second-order valence-corrected chi connectivity index (χ2v) is 6.93. The molecule has 0 amide bonds. The van der Waals surface area contributed by atoms with Crippen LogP contribution >= 0.6 is 12.4 Å². The SMILES string of the molecule is Cc1cc(C(C)N)c2nc(N3CCCCC3)n3cc(C#N)nc3c2c1.Cl. The molecule has 0 saturated carbocycles. The van der Waals surface area contributed by atoms with E-state index in [2.05, 4.69) is 35.0 Å². The van der Waals surface area contributed by atoms with Crippen LogP contribution in [-0.4, -0.2) is 27.5 Å². The summed E-state index contributed by atoms with van der Waals surface area (Å²) in [7, 11) is 0. The molecular formula is C19H23ClN6. The summed E-state index contributed by atoms with van der Waals surface area (Å²) < 4.78 is 1.97. The smallest absolute Gasteiger partial charge is 0.211 e. The Bertz CT molecular complexity index is 995. The average molecular weight is 371 g/mol. The van der Waals surface area contributed by atoms with E-state index in [4.69, 9.17) is 10.7 Å². The number of anilines is 1. The molecular weight excluding hydrogens is 348 g/mol. The van der Waals surface area contributed by atoms with Gasteiger partial charge in [0.05, 0.1) is 11.7 Å². The first-order valence-electron chi connectivity index (χ1n) is 8.82. The quantitative estimate of drug-likeness (QED) is 0.746. The normalized spacial score (nSPS) is 15.7. The Kier molecular flexibility index (Phi) is 5.03. The maximum atomic E-state index is 9.33. The Hall–Kier alpha value is -2.36. The highest BCUT2D eigenvalue weighted by Gasteiger charge is 2.21. The summed E-state index contributed by atoms with van der Waals surface area (Å²) in [5, 5.41) is 10.3. The first-order chi connectivity index (χ1) is 12.1. The van der Waals surface area contributed by atoms with E-state index in [1.807, 2.05) is 11.3 Å². The lowest BCUT2D eigenvalue weighted by Gasteiger charge is -2.28. The van der Waals surface area contributed by atoms with Gasteiger partial charge in [0.2, 0.25) is 5.95 Å². The van der Waals surface area contributed by atoms with Crippen molar-refractivity contribution >= 4 is 34.9 Å². The molecule has 0 aliphatic carbocycles. The first kappa shape index (κ1) is 18.4. The van der Waals surface area contributed by atoms with Crippen LogP contribution in [-0.2, 0) is 0 Å². The number of rotatable bonds is 2. The lowest BCUT2D eigenvalue weighted by atomic mass is 10.0. The monoisotopic (exact) mass is 370 g/mol. The number of aromatic nitrogens is 3. The zero-order chi connectivity index (χ0) is 17.6. The van der Waals surface area contributed by atoms with Gasteiger partial charge in [-0.25, -0.2) is 9.97 Å². The molecule has 0 bridgehead atoms. The minimum absolute atomic E-state index is 0. The van der Waals surface area contributed by atoms with Crippen molar-refractivity contribution in [2.24, 2.45) is 5.73 Å². The van der Waals surface area contributed by atoms with Crippen molar-refractivity contribution in [2.75, 3.05) is 18.0 Å². The van der Waals surface area contributed by atoms with Crippen LogP contribution in [0.5, 0.6) is 0 Å². The number of hydrogen-bond acceptors (Lipinski definition) is 5. The number of nitrogens with two attached hydrogens (primary N) is 1. The maximum absolute atomic E-state index is 9.33. The van der Waals surface area contributed by atoms with Crippen molar-refractivity contribution in [1.29, 1.82) is 5.26 Å². The number of nitriles is 1. The average Bonchev–Trinajstić information content (AvgIpc) is 3.06. The van der Waals surface area contributed by atoms with Crippen LogP contribution in [0.15, 0.2) is 18.3 Å². The number of halogens is 1. The molecule has 136 valence electrons. The van der Waals surface area contributed by atoms with Gasteiger partial charge in [-0.3, -0.25) is 4.40 Å². The van der Waals surface area contributed by atoms with Crippen LogP contribution in [0, 0.1) is 18.3 Å². The maximum Gasteiger partial charge on any atom is 0.211 e. The topological polar surface area (TPSA) is 83.2 Å². The van der Waals surface area contributed by atoms with Gasteiger partial charge in [-0.05, 0) is 50.3 Å². The summed E-state index contributed by atoms with van der Waals surface area (Å²) in [5.41, 5.74) is 10.5. The Labute approximate surface area is 159 Å². The van der Waals surface area contributed by atoms with Gasteiger partial charge in [-0.2, -0.15) is 5.26 Å². The van der Waals surface area contributed by atoms with Gasteiger partial charge in [-0.15, -0.1) is 12.4 Å². The van der Waals surface area contributed by atoms with E-state index in [9.17, 15) is 5.26 Å². The molecule has 0 radical (unpaired) electrons. The molecule has 4 rings (SSSR count). The highest BCUT2D eigenvalue weighted by Crippen LogP contribution is 2.30. The lowest BCUT2D eigenvalue weighted by Crippen LogP contribution is -2.32. The molecule has 2 N–H and O–H groups in total. The molecule has 7 heteroatoms. The number of hydrogen-bond donors (Lipinski definition) is 1. The third-order valence-electron chi connectivity index (χ3n) is 4.90. The second-order valence-electron chi connectivity index (χ2n) is 6.93. The predicted molar refractivity (Wildman–Crippen MR) is 106 cm³/mol. The molecule has 1 fully saturated rings. The summed E-state index contributed by atoms with van der Waals surface area (Å²) in [6, 6.07) is 6.23. The minimum atomic E-state index is -0.114. The van der Waals surface area contributed by atoms with Gasteiger partial charge in [0.15, 0.2) is 11.3 Å². The fraction of sp³-hybridized carbons (Fsp3) is 0.421.